The van der Waals surface area contributed by atoms with Crippen molar-refractivity contribution < 1.29 is 9.21 Å². The molecule has 0 atom stereocenters. The average Bonchev–Trinajstić information content (AvgIpc) is 3.56. The number of benzene rings is 1. The van der Waals surface area contributed by atoms with Crippen LogP contribution in [0.2, 0.25) is 0 Å². The third-order valence-corrected chi connectivity index (χ3v) is 5.30. The van der Waals surface area contributed by atoms with Gasteiger partial charge in [-0.15, -0.1) is 0 Å². The Morgan fingerprint density at radius 2 is 1.93 bits per heavy atom. The highest BCUT2D eigenvalue weighted by Crippen LogP contribution is 2.31. The van der Waals surface area contributed by atoms with E-state index in [0.717, 1.165) is 51.5 Å². The lowest BCUT2D eigenvalue weighted by Gasteiger charge is -2.09. The van der Waals surface area contributed by atoms with E-state index in [1.807, 2.05) is 44.3 Å². The maximum atomic E-state index is 12.1. The number of anilines is 2. The first kappa shape index (κ1) is 18.2. The summed E-state index contributed by atoms with van der Waals surface area (Å²) < 4.78 is 5.82. The van der Waals surface area contributed by atoms with Crippen LogP contribution < -0.4 is 10.6 Å². The van der Waals surface area contributed by atoms with E-state index in [0.29, 0.717) is 11.6 Å². The molecule has 1 fully saturated rings. The predicted molar refractivity (Wildman–Crippen MR) is 117 cm³/mol. The molecule has 5 rings (SSSR count). The molecular weight excluding hydrogens is 376 g/mol. The van der Waals surface area contributed by atoms with Crippen molar-refractivity contribution in [3.8, 4) is 11.8 Å². The fourth-order valence-corrected chi connectivity index (χ4v) is 3.53. The summed E-state index contributed by atoms with van der Waals surface area (Å²) in [4.78, 5) is 21.0. The van der Waals surface area contributed by atoms with Gasteiger partial charge in [-0.2, -0.15) is 0 Å². The van der Waals surface area contributed by atoms with Crippen LogP contribution >= 0.6 is 0 Å². The van der Waals surface area contributed by atoms with Gasteiger partial charge < -0.3 is 15.1 Å². The van der Waals surface area contributed by atoms with Crippen LogP contribution in [0.25, 0.3) is 21.7 Å². The molecule has 0 unspecified atom stereocenters. The molecule has 3 heterocycles. The van der Waals surface area contributed by atoms with Gasteiger partial charge in [-0.05, 0) is 38.0 Å². The summed E-state index contributed by atoms with van der Waals surface area (Å²) in [6.45, 7) is 1.92. The van der Waals surface area contributed by atoms with Crippen LogP contribution in [0.3, 0.4) is 0 Å². The number of carbonyl (C=O) groups excluding carboxylic acids is 1. The third-order valence-electron chi connectivity index (χ3n) is 5.30. The lowest BCUT2D eigenvalue weighted by Crippen LogP contribution is -2.14. The van der Waals surface area contributed by atoms with E-state index in [4.69, 9.17) is 4.42 Å². The van der Waals surface area contributed by atoms with Crippen LogP contribution in [0.1, 0.15) is 29.7 Å². The van der Waals surface area contributed by atoms with Gasteiger partial charge >= 0.3 is 0 Å². The van der Waals surface area contributed by atoms with E-state index >= 15 is 0 Å². The Balaban J connectivity index is 1.60. The number of hydrogen-bond acceptors (Lipinski definition) is 5. The summed E-state index contributed by atoms with van der Waals surface area (Å²) in [5, 5.41) is 8.72. The maximum Gasteiger partial charge on any atom is 0.228 e. The van der Waals surface area contributed by atoms with Crippen LogP contribution in [0.15, 0.2) is 47.1 Å². The SMILES string of the molecule is CNc1ncc(C#Cc2c(C)oc3ccccc23)c2cc(NC(=O)C3CC3)ncc12. The largest absolute Gasteiger partial charge is 0.460 e. The number of carbonyl (C=O) groups is 1. The Kier molecular flexibility index (Phi) is 4.36. The first-order chi connectivity index (χ1) is 14.6. The van der Waals surface area contributed by atoms with Crippen molar-refractivity contribution in [1.29, 1.82) is 0 Å². The van der Waals surface area contributed by atoms with Gasteiger partial charge in [0.1, 0.15) is 23.0 Å². The Bertz CT molecular complexity index is 1360. The molecule has 4 aromatic rings. The molecule has 0 saturated heterocycles. The van der Waals surface area contributed by atoms with Crippen molar-refractivity contribution in [3.63, 3.8) is 0 Å². The lowest BCUT2D eigenvalue weighted by atomic mass is 10.1. The van der Waals surface area contributed by atoms with Crippen molar-refractivity contribution in [2.75, 3.05) is 17.7 Å². The molecule has 1 saturated carbocycles. The first-order valence-corrected chi connectivity index (χ1v) is 9.91. The van der Waals surface area contributed by atoms with Crippen LogP contribution in [0.5, 0.6) is 0 Å². The number of amides is 1. The molecular formula is C24H20N4O2. The summed E-state index contributed by atoms with van der Waals surface area (Å²) in [5.74, 6) is 8.68. The highest BCUT2D eigenvalue weighted by Gasteiger charge is 2.29. The predicted octanol–water partition coefficient (Wildman–Crippen LogP) is 4.47. The normalized spacial score (nSPS) is 13.1. The van der Waals surface area contributed by atoms with Crippen molar-refractivity contribution in [2.45, 2.75) is 19.8 Å². The molecule has 0 spiro atoms. The molecule has 1 aliphatic rings. The zero-order valence-electron chi connectivity index (χ0n) is 16.7. The maximum absolute atomic E-state index is 12.1. The van der Waals surface area contributed by atoms with E-state index in [2.05, 4.69) is 32.4 Å². The van der Waals surface area contributed by atoms with Crippen molar-refractivity contribution >= 4 is 39.3 Å². The molecule has 1 aliphatic carbocycles. The summed E-state index contributed by atoms with van der Waals surface area (Å²) >= 11 is 0. The summed E-state index contributed by atoms with van der Waals surface area (Å²) in [5.41, 5.74) is 2.45. The minimum absolute atomic E-state index is 0.0258. The fourth-order valence-electron chi connectivity index (χ4n) is 3.53. The van der Waals surface area contributed by atoms with Gasteiger partial charge in [-0.1, -0.05) is 24.0 Å². The molecule has 0 bridgehead atoms. The van der Waals surface area contributed by atoms with E-state index in [1.54, 1.807) is 12.4 Å². The van der Waals surface area contributed by atoms with E-state index in [9.17, 15) is 4.79 Å². The van der Waals surface area contributed by atoms with Gasteiger partial charge in [0.2, 0.25) is 5.91 Å². The molecule has 148 valence electrons. The molecule has 30 heavy (non-hydrogen) atoms. The minimum atomic E-state index is 0.0258. The quantitative estimate of drug-likeness (QED) is 0.499. The number of aryl methyl sites for hydroxylation is 1. The number of rotatable bonds is 3. The van der Waals surface area contributed by atoms with Crippen LogP contribution in [0.4, 0.5) is 11.6 Å². The topological polar surface area (TPSA) is 80.0 Å². The van der Waals surface area contributed by atoms with Crippen molar-refractivity contribution in [2.24, 2.45) is 5.92 Å². The summed E-state index contributed by atoms with van der Waals surface area (Å²) in [7, 11) is 1.82. The molecule has 0 radical (unpaired) electrons. The Morgan fingerprint density at radius 3 is 2.73 bits per heavy atom. The molecule has 6 nitrogen and oxygen atoms in total. The number of pyridine rings is 2. The Labute approximate surface area is 173 Å². The zero-order chi connectivity index (χ0) is 20.7. The number of aromatic nitrogens is 2. The number of hydrogen-bond donors (Lipinski definition) is 2. The number of furan rings is 1. The second kappa shape index (κ2) is 7.20. The fraction of sp³-hybridized carbons (Fsp3) is 0.208. The van der Waals surface area contributed by atoms with Gasteiger partial charge in [0, 0.05) is 41.5 Å². The summed E-state index contributed by atoms with van der Waals surface area (Å²) in [6, 6.07) is 9.73. The Hall–Kier alpha value is -3.85. The lowest BCUT2D eigenvalue weighted by molar-refractivity contribution is -0.117. The smallest absolute Gasteiger partial charge is 0.228 e. The van der Waals surface area contributed by atoms with E-state index < -0.39 is 0 Å². The Morgan fingerprint density at radius 1 is 1.10 bits per heavy atom. The molecule has 2 N–H and O–H groups in total. The van der Waals surface area contributed by atoms with Gasteiger partial charge in [0.15, 0.2) is 0 Å². The average molecular weight is 396 g/mol. The second-order valence-corrected chi connectivity index (χ2v) is 7.43. The number of fused-ring (bicyclic) bond motifs is 2. The molecule has 0 aliphatic heterocycles. The second-order valence-electron chi connectivity index (χ2n) is 7.43. The first-order valence-electron chi connectivity index (χ1n) is 9.91. The van der Waals surface area contributed by atoms with E-state index in [-0.39, 0.29) is 11.8 Å². The van der Waals surface area contributed by atoms with Gasteiger partial charge in [0.25, 0.3) is 0 Å². The van der Waals surface area contributed by atoms with Crippen molar-refractivity contribution in [3.05, 3.63) is 59.6 Å². The number of nitrogens with one attached hydrogen (secondary N) is 2. The highest BCUT2D eigenvalue weighted by molar-refractivity contribution is 5.99. The van der Waals surface area contributed by atoms with Gasteiger partial charge in [0.05, 0.1) is 11.1 Å². The molecule has 1 amide bonds. The molecule has 1 aromatic carbocycles. The van der Waals surface area contributed by atoms with Crippen LogP contribution in [-0.2, 0) is 4.79 Å². The highest BCUT2D eigenvalue weighted by atomic mass is 16.3. The third kappa shape index (κ3) is 3.25. The monoisotopic (exact) mass is 396 g/mol. The van der Waals surface area contributed by atoms with Crippen molar-refractivity contribution in [1.82, 2.24) is 9.97 Å². The summed E-state index contributed by atoms with van der Waals surface area (Å²) in [6.07, 6.45) is 5.36. The standard InChI is InChI=1S/C24H20N4O2/c1-14-17(18-5-3-4-6-21(18)30-14)10-9-16-12-27-23(25-2)20-13-26-22(11-19(16)20)28-24(29)15-7-8-15/h3-6,11-13,15H,7-8H2,1-2H3,(H,25,27)(H,26,28,29). The minimum Gasteiger partial charge on any atom is -0.460 e. The van der Waals surface area contributed by atoms with E-state index in [1.165, 1.54) is 0 Å². The molecule has 6 heteroatoms. The van der Waals surface area contributed by atoms with Crippen LogP contribution in [0, 0.1) is 24.7 Å². The molecule has 3 aromatic heterocycles. The number of para-hydroxylation sites is 1. The van der Waals surface area contributed by atoms with Crippen LogP contribution in [-0.4, -0.2) is 22.9 Å². The zero-order valence-corrected chi connectivity index (χ0v) is 16.7. The van der Waals surface area contributed by atoms with Gasteiger partial charge in [-0.25, -0.2) is 9.97 Å². The van der Waals surface area contributed by atoms with Gasteiger partial charge in [-0.3, -0.25) is 4.79 Å². The number of nitrogens with zero attached hydrogens (tertiary/aromatic N) is 2.